The fourth-order valence-electron chi connectivity index (χ4n) is 2.05. The molecular weight excluding hydrogens is 301 g/mol. The standard InChI is InChI=1S/C14H18ClNO3.ClH/c1-11(10-16-5-7-18-8-6-16)19-14(17)12-3-2-4-13(15)9-12;/h2-4,9,11H,5-8,10H2,1H3;1H/p-1. The molecule has 1 atom stereocenters. The Hall–Kier alpha value is -0.810. The zero-order chi connectivity index (χ0) is 13.7. The minimum atomic E-state index is -0.330. The van der Waals surface area contributed by atoms with Gasteiger partial charge in [-0.05, 0) is 25.1 Å². The average molecular weight is 319 g/mol. The van der Waals surface area contributed by atoms with E-state index in [0.29, 0.717) is 10.6 Å². The molecule has 0 saturated carbocycles. The Balaban J connectivity index is 0.00000200. The van der Waals surface area contributed by atoms with Crippen LogP contribution < -0.4 is 12.4 Å². The summed E-state index contributed by atoms with van der Waals surface area (Å²) in [4.78, 5) is 14.2. The summed E-state index contributed by atoms with van der Waals surface area (Å²) in [6.07, 6.45) is -0.149. The molecule has 0 aromatic heterocycles. The molecule has 4 nitrogen and oxygen atoms in total. The van der Waals surface area contributed by atoms with Gasteiger partial charge in [0.25, 0.3) is 0 Å². The Morgan fingerprint density at radius 1 is 1.45 bits per heavy atom. The molecule has 1 unspecified atom stereocenters. The smallest absolute Gasteiger partial charge is 0.338 e. The number of rotatable bonds is 4. The normalized spacial score (nSPS) is 17.1. The van der Waals surface area contributed by atoms with Gasteiger partial charge in [0.05, 0.1) is 18.8 Å². The van der Waals surface area contributed by atoms with E-state index in [9.17, 15) is 4.79 Å². The molecule has 0 N–H and O–H groups in total. The molecule has 0 bridgehead atoms. The SMILES string of the molecule is CC(CN1CCOCC1)OC(=O)c1cccc(Cl)c1.[Cl-]. The van der Waals surface area contributed by atoms with E-state index < -0.39 is 0 Å². The van der Waals surface area contributed by atoms with Crippen LogP contribution in [0.4, 0.5) is 0 Å². The summed E-state index contributed by atoms with van der Waals surface area (Å²) in [6, 6.07) is 6.79. The zero-order valence-corrected chi connectivity index (χ0v) is 12.9. The van der Waals surface area contributed by atoms with Crippen molar-refractivity contribution in [1.29, 1.82) is 0 Å². The molecule has 6 heteroatoms. The molecule has 112 valence electrons. The van der Waals surface area contributed by atoms with Crippen molar-refractivity contribution in [2.75, 3.05) is 32.8 Å². The topological polar surface area (TPSA) is 38.8 Å². The first-order chi connectivity index (χ1) is 9.15. The maximum absolute atomic E-state index is 11.9. The van der Waals surface area contributed by atoms with Crippen molar-refractivity contribution in [3.05, 3.63) is 34.9 Å². The lowest BCUT2D eigenvalue weighted by atomic mass is 10.2. The number of esters is 1. The molecule has 0 spiro atoms. The Morgan fingerprint density at radius 2 is 2.15 bits per heavy atom. The molecule has 20 heavy (non-hydrogen) atoms. The number of hydrogen-bond donors (Lipinski definition) is 0. The van der Waals surface area contributed by atoms with Gasteiger partial charge >= 0.3 is 5.97 Å². The number of carbonyl (C=O) groups is 1. The number of halogens is 2. The second-order valence-electron chi connectivity index (χ2n) is 4.64. The highest BCUT2D eigenvalue weighted by Gasteiger charge is 2.17. The first-order valence-corrected chi connectivity index (χ1v) is 6.79. The summed E-state index contributed by atoms with van der Waals surface area (Å²) < 4.78 is 10.7. The Bertz CT molecular complexity index is 436. The van der Waals surface area contributed by atoms with Crippen LogP contribution >= 0.6 is 11.6 Å². The summed E-state index contributed by atoms with van der Waals surface area (Å²) in [5.41, 5.74) is 0.487. The summed E-state index contributed by atoms with van der Waals surface area (Å²) in [7, 11) is 0. The number of benzene rings is 1. The lowest BCUT2D eigenvalue weighted by Crippen LogP contribution is -3.00. The molecule has 1 fully saturated rings. The molecular formula is C14H18Cl2NO3-. The summed E-state index contributed by atoms with van der Waals surface area (Å²) in [6.45, 7) is 5.90. The monoisotopic (exact) mass is 318 g/mol. The third-order valence-corrected chi connectivity index (χ3v) is 3.22. The molecule has 0 aliphatic carbocycles. The maximum atomic E-state index is 11.9. The zero-order valence-electron chi connectivity index (χ0n) is 11.4. The van der Waals surface area contributed by atoms with Gasteiger partial charge < -0.3 is 21.9 Å². The first-order valence-electron chi connectivity index (χ1n) is 6.42. The lowest BCUT2D eigenvalue weighted by molar-refractivity contribution is -0.000646. The van der Waals surface area contributed by atoms with Gasteiger partial charge in [-0.2, -0.15) is 0 Å². The number of hydrogen-bond acceptors (Lipinski definition) is 4. The van der Waals surface area contributed by atoms with E-state index in [2.05, 4.69) is 4.90 Å². The van der Waals surface area contributed by atoms with Crippen molar-refractivity contribution in [1.82, 2.24) is 4.90 Å². The quantitative estimate of drug-likeness (QED) is 0.683. The van der Waals surface area contributed by atoms with Crippen LogP contribution in [0, 0.1) is 0 Å². The Labute approximate surface area is 130 Å². The van der Waals surface area contributed by atoms with Gasteiger partial charge in [0, 0.05) is 24.7 Å². The van der Waals surface area contributed by atoms with Crippen molar-refractivity contribution in [3.8, 4) is 0 Å². The molecule has 1 aliphatic heterocycles. The second kappa shape index (κ2) is 8.47. The van der Waals surface area contributed by atoms with E-state index in [0.717, 1.165) is 32.8 Å². The summed E-state index contributed by atoms with van der Waals surface area (Å²) in [5.74, 6) is -0.330. The van der Waals surface area contributed by atoms with Gasteiger partial charge in [0.15, 0.2) is 0 Å². The highest BCUT2D eigenvalue weighted by atomic mass is 35.5. The molecule has 2 rings (SSSR count). The van der Waals surface area contributed by atoms with Crippen molar-refractivity contribution in [3.63, 3.8) is 0 Å². The highest BCUT2D eigenvalue weighted by Crippen LogP contribution is 2.12. The average Bonchev–Trinajstić information content (AvgIpc) is 2.39. The third kappa shape index (κ3) is 5.29. The minimum absolute atomic E-state index is 0. The van der Waals surface area contributed by atoms with Crippen LogP contribution in [0.15, 0.2) is 24.3 Å². The summed E-state index contributed by atoms with van der Waals surface area (Å²) in [5, 5.41) is 0.537. The molecule has 1 saturated heterocycles. The van der Waals surface area contributed by atoms with Crippen LogP contribution in [0.3, 0.4) is 0 Å². The molecule has 1 aromatic carbocycles. The second-order valence-corrected chi connectivity index (χ2v) is 5.08. The molecule has 1 aromatic rings. The molecule has 1 heterocycles. The van der Waals surface area contributed by atoms with Crippen LogP contribution in [-0.4, -0.2) is 49.8 Å². The van der Waals surface area contributed by atoms with Crippen LogP contribution in [-0.2, 0) is 9.47 Å². The fraction of sp³-hybridized carbons (Fsp3) is 0.500. The lowest BCUT2D eigenvalue weighted by Gasteiger charge is -2.28. The number of carbonyl (C=O) groups excluding carboxylic acids is 1. The van der Waals surface area contributed by atoms with E-state index in [4.69, 9.17) is 21.1 Å². The molecule has 0 radical (unpaired) electrons. The Kier molecular flexibility index (Phi) is 7.30. The minimum Gasteiger partial charge on any atom is -1.00 e. The number of morpholine rings is 1. The predicted octanol–water partition coefficient (Wildman–Crippen LogP) is -0.778. The van der Waals surface area contributed by atoms with Crippen molar-refractivity contribution in [2.24, 2.45) is 0 Å². The van der Waals surface area contributed by atoms with Gasteiger partial charge in [-0.15, -0.1) is 0 Å². The van der Waals surface area contributed by atoms with Crippen molar-refractivity contribution < 1.29 is 26.7 Å². The largest absolute Gasteiger partial charge is 1.00 e. The van der Waals surface area contributed by atoms with E-state index in [1.165, 1.54) is 0 Å². The van der Waals surface area contributed by atoms with Crippen molar-refractivity contribution >= 4 is 17.6 Å². The van der Waals surface area contributed by atoms with Gasteiger partial charge in [-0.25, -0.2) is 4.79 Å². The first kappa shape index (κ1) is 17.2. The highest BCUT2D eigenvalue weighted by molar-refractivity contribution is 6.30. The van der Waals surface area contributed by atoms with Gasteiger partial charge in [0.1, 0.15) is 6.10 Å². The Morgan fingerprint density at radius 3 is 2.80 bits per heavy atom. The number of ether oxygens (including phenoxy) is 2. The van der Waals surface area contributed by atoms with E-state index >= 15 is 0 Å². The van der Waals surface area contributed by atoms with Crippen LogP contribution in [0.5, 0.6) is 0 Å². The van der Waals surface area contributed by atoms with Crippen LogP contribution in [0.1, 0.15) is 17.3 Å². The predicted molar refractivity (Wildman–Crippen MR) is 73.6 cm³/mol. The van der Waals surface area contributed by atoms with Gasteiger partial charge in [-0.3, -0.25) is 4.90 Å². The summed E-state index contributed by atoms with van der Waals surface area (Å²) >= 11 is 5.85. The number of nitrogens with zero attached hydrogens (tertiary/aromatic N) is 1. The fourth-order valence-corrected chi connectivity index (χ4v) is 2.24. The van der Waals surface area contributed by atoms with E-state index in [1.54, 1.807) is 24.3 Å². The maximum Gasteiger partial charge on any atom is 0.338 e. The third-order valence-electron chi connectivity index (χ3n) is 2.99. The van der Waals surface area contributed by atoms with Gasteiger partial charge in [-0.1, -0.05) is 17.7 Å². The van der Waals surface area contributed by atoms with Gasteiger partial charge in [0.2, 0.25) is 0 Å². The van der Waals surface area contributed by atoms with E-state index in [-0.39, 0.29) is 24.5 Å². The van der Waals surface area contributed by atoms with Crippen molar-refractivity contribution in [2.45, 2.75) is 13.0 Å². The molecule has 1 aliphatic rings. The van der Waals surface area contributed by atoms with E-state index in [1.807, 2.05) is 6.92 Å². The molecule has 0 amide bonds. The van der Waals surface area contributed by atoms with Crippen LogP contribution in [0.2, 0.25) is 5.02 Å². The van der Waals surface area contributed by atoms with Crippen LogP contribution in [0.25, 0.3) is 0 Å².